The Morgan fingerprint density at radius 3 is 2.60 bits per heavy atom. The van der Waals surface area contributed by atoms with Crippen LogP contribution in [0.15, 0.2) is 23.1 Å². The monoisotopic (exact) mass is 302 g/mol. The first-order chi connectivity index (χ1) is 9.42. The van der Waals surface area contributed by atoms with Crippen molar-refractivity contribution in [3.05, 3.63) is 29.6 Å². The Labute approximate surface area is 118 Å². The average Bonchev–Trinajstić information content (AvgIpc) is 2.37. The molecule has 1 aliphatic rings. The van der Waals surface area contributed by atoms with Crippen LogP contribution in [0.25, 0.3) is 0 Å². The third kappa shape index (κ3) is 3.01. The molecule has 0 heterocycles. The SMILES string of the molecule is COC1(CNS(=O)(=O)c2ccc(CN)cc2F)CCC1. The lowest BCUT2D eigenvalue weighted by Gasteiger charge is -2.40. The number of benzene rings is 1. The van der Waals surface area contributed by atoms with Crippen LogP contribution in [0.5, 0.6) is 0 Å². The second-order valence-corrected chi connectivity index (χ2v) is 6.77. The van der Waals surface area contributed by atoms with Crippen molar-refractivity contribution in [2.75, 3.05) is 13.7 Å². The third-order valence-electron chi connectivity index (χ3n) is 3.80. The third-order valence-corrected chi connectivity index (χ3v) is 5.24. The van der Waals surface area contributed by atoms with E-state index in [0.29, 0.717) is 5.56 Å². The van der Waals surface area contributed by atoms with Crippen LogP contribution in [0.2, 0.25) is 0 Å². The van der Waals surface area contributed by atoms with Crippen molar-refractivity contribution in [3.63, 3.8) is 0 Å². The number of hydrogen-bond acceptors (Lipinski definition) is 4. The Bertz CT molecular complexity index is 580. The van der Waals surface area contributed by atoms with Crippen LogP contribution in [-0.4, -0.2) is 27.7 Å². The van der Waals surface area contributed by atoms with Gasteiger partial charge in [-0.3, -0.25) is 0 Å². The van der Waals surface area contributed by atoms with Crippen molar-refractivity contribution in [2.45, 2.75) is 36.3 Å². The number of rotatable bonds is 6. The zero-order valence-corrected chi connectivity index (χ0v) is 12.2. The molecule has 1 aromatic carbocycles. The molecule has 0 spiro atoms. The Kier molecular flexibility index (Phi) is 4.43. The summed E-state index contributed by atoms with van der Waals surface area (Å²) in [5, 5.41) is 0. The number of nitrogens with one attached hydrogen (secondary N) is 1. The van der Waals surface area contributed by atoms with Crippen LogP contribution in [-0.2, 0) is 21.3 Å². The topological polar surface area (TPSA) is 81.4 Å². The van der Waals surface area contributed by atoms with Crippen LogP contribution < -0.4 is 10.5 Å². The Morgan fingerprint density at radius 2 is 2.15 bits per heavy atom. The van der Waals surface area contributed by atoms with Gasteiger partial charge in [0.1, 0.15) is 10.7 Å². The predicted octanol–water partition coefficient (Wildman–Crippen LogP) is 1.13. The molecule has 0 radical (unpaired) electrons. The molecule has 0 unspecified atom stereocenters. The lowest BCUT2D eigenvalue weighted by Crippen LogP contribution is -2.49. The summed E-state index contributed by atoms with van der Waals surface area (Å²) >= 11 is 0. The minimum Gasteiger partial charge on any atom is -0.377 e. The molecule has 2 rings (SSSR count). The molecule has 1 fully saturated rings. The molecule has 112 valence electrons. The molecule has 1 saturated carbocycles. The maximum atomic E-state index is 13.8. The second-order valence-electron chi connectivity index (χ2n) is 5.03. The average molecular weight is 302 g/mol. The van der Waals surface area contributed by atoms with Gasteiger partial charge in [0.2, 0.25) is 10.0 Å². The highest BCUT2D eigenvalue weighted by molar-refractivity contribution is 7.89. The molecule has 0 amide bonds. The first-order valence-electron chi connectivity index (χ1n) is 6.46. The van der Waals surface area contributed by atoms with Crippen molar-refractivity contribution in [1.29, 1.82) is 0 Å². The van der Waals surface area contributed by atoms with Gasteiger partial charge in [0.05, 0.1) is 5.60 Å². The number of hydrogen-bond donors (Lipinski definition) is 2. The van der Waals surface area contributed by atoms with Crippen molar-refractivity contribution >= 4 is 10.0 Å². The van der Waals surface area contributed by atoms with Gasteiger partial charge in [0, 0.05) is 20.2 Å². The van der Waals surface area contributed by atoms with Crippen molar-refractivity contribution in [1.82, 2.24) is 4.72 Å². The first-order valence-corrected chi connectivity index (χ1v) is 7.94. The lowest BCUT2D eigenvalue weighted by molar-refractivity contribution is -0.0659. The molecule has 1 aliphatic carbocycles. The summed E-state index contributed by atoms with van der Waals surface area (Å²) in [6.07, 6.45) is 2.62. The van der Waals surface area contributed by atoms with E-state index in [1.165, 1.54) is 12.1 Å². The minimum atomic E-state index is -3.88. The summed E-state index contributed by atoms with van der Waals surface area (Å²) in [5.74, 6) is -0.791. The molecule has 0 aromatic heterocycles. The van der Waals surface area contributed by atoms with E-state index in [2.05, 4.69) is 4.72 Å². The van der Waals surface area contributed by atoms with Gasteiger partial charge in [-0.05, 0) is 37.0 Å². The van der Waals surface area contributed by atoms with Crippen LogP contribution in [0.1, 0.15) is 24.8 Å². The number of methoxy groups -OCH3 is 1. The largest absolute Gasteiger partial charge is 0.377 e. The Hall–Kier alpha value is -1.02. The molecule has 7 heteroatoms. The van der Waals surface area contributed by atoms with E-state index in [1.54, 1.807) is 7.11 Å². The maximum Gasteiger partial charge on any atom is 0.243 e. The van der Waals surface area contributed by atoms with E-state index in [-0.39, 0.29) is 18.0 Å². The molecule has 3 N–H and O–H groups in total. The fourth-order valence-corrected chi connectivity index (χ4v) is 3.39. The molecule has 20 heavy (non-hydrogen) atoms. The summed E-state index contributed by atoms with van der Waals surface area (Å²) in [6.45, 7) is 0.321. The Balaban J connectivity index is 2.14. The van der Waals surface area contributed by atoms with E-state index >= 15 is 0 Å². The zero-order valence-electron chi connectivity index (χ0n) is 11.4. The molecule has 0 saturated heterocycles. The molecule has 0 aliphatic heterocycles. The van der Waals surface area contributed by atoms with Gasteiger partial charge in [-0.1, -0.05) is 6.07 Å². The standard InChI is InChI=1S/C13H19FN2O3S/c1-19-13(5-2-6-13)9-16-20(17,18)12-4-3-10(8-15)7-11(12)14/h3-4,7,16H,2,5-6,8-9,15H2,1H3. The van der Waals surface area contributed by atoms with Crippen molar-refractivity contribution in [2.24, 2.45) is 5.73 Å². The van der Waals surface area contributed by atoms with Crippen LogP contribution in [0.4, 0.5) is 4.39 Å². The van der Waals surface area contributed by atoms with Crippen molar-refractivity contribution in [3.8, 4) is 0 Å². The first kappa shape index (κ1) is 15.4. The molecule has 0 bridgehead atoms. The van der Waals surface area contributed by atoms with Gasteiger partial charge in [0.15, 0.2) is 0 Å². The summed E-state index contributed by atoms with van der Waals surface area (Å²) < 4.78 is 45.8. The van der Waals surface area contributed by atoms with E-state index in [1.807, 2.05) is 0 Å². The lowest BCUT2D eigenvalue weighted by atomic mass is 9.80. The number of halogens is 1. The summed E-state index contributed by atoms with van der Waals surface area (Å²) in [4.78, 5) is -0.361. The van der Waals surface area contributed by atoms with E-state index in [0.717, 1.165) is 25.3 Å². The molecular weight excluding hydrogens is 283 g/mol. The minimum absolute atomic E-state index is 0.157. The van der Waals surface area contributed by atoms with E-state index in [9.17, 15) is 12.8 Å². The van der Waals surface area contributed by atoms with Gasteiger partial charge < -0.3 is 10.5 Å². The summed E-state index contributed by atoms with van der Waals surface area (Å²) in [7, 11) is -2.32. The maximum absolute atomic E-state index is 13.8. The van der Waals surface area contributed by atoms with Gasteiger partial charge in [-0.15, -0.1) is 0 Å². The number of sulfonamides is 1. The number of nitrogens with two attached hydrogens (primary N) is 1. The van der Waals surface area contributed by atoms with Crippen molar-refractivity contribution < 1.29 is 17.5 Å². The highest BCUT2D eigenvalue weighted by Gasteiger charge is 2.38. The highest BCUT2D eigenvalue weighted by Crippen LogP contribution is 2.34. The molecule has 5 nitrogen and oxygen atoms in total. The fraction of sp³-hybridized carbons (Fsp3) is 0.538. The van der Waals surface area contributed by atoms with Crippen LogP contribution in [0.3, 0.4) is 0 Å². The van der Waals surface area contributed by atoms with Gasteiger partial charge >= 0.3 is 0 Å². The van der Waals surface area contributed by atoms with Crippen LogP contribution >= 0.6 is 0 Å². The van der Waals surface area contributed by atoms with E-state index < -0.39 is 21.4 Å². The molecular formula is C13H19FN2O3S. The normalized spacial score (nSPS) is 17.8. The highest BCUT2D eigenvalue weighted by atomic mass is 32.2. The van der Waals surface area contributed by atoms with Crippen LogP contribution in [0, 0.1) is 5.82 Å². The fourth-order valence-electron chi connectivity index (χ4n) is 2.22. The molecule has 0 atom stereocenters. The quantitative estimate of drug-likeness (QED) is 0.825. The predicted molar refractivity (Wildman–Crippen MR) is 73.1 cm³/mol. The Morgan fingerprint density at radius 1 is 1.45 bits per heavy atom. The molecule has 1 aromatic rings. The van der Waals surface area contributed by atoms with E-state index in [4.69, 9.17) is 10.5 Å². The zero-order chi connectivity index (χ0) is 14.8. The smallest absolute Gasteiger partial charge is 0.243 e. The summed E-state index contributed by atoms with van der Waals surface area (Å²) in [6, 6.07) is 3.89. The van der Waals surface area contributed by atoms with Gasteiger partial charge in [-0.25, -0.2) is 17.5 Å². The number of ether oxygens (including phenoxy) is 1. The van der Waals surface area contributed by atoms with Gasteiger partial charge in [-0.2, -0.15) is 0 Å². The summed E-state index contributed by atoms with van der Waals surface area (Å²) in [5.41, 5.74) is 5.50. The van der Waals surface area contributed by atoms with Gasteiger partial charge in [0.25, 0.3) is 0 Å². The second kappa shape index (κ2) is 5.77.